The van der Waals surface area contributed by atoms with Crippen molar-refractivity contribution in [2.24, 2.45) is 0 Å². The molecule has 0 N–H and O–H groups in total. The second-order valence-corrected chi connectivity index (χ2v) is 6.81. The molecule has 0 aromatic heterocycles. The van der Waals surface area contributed by atoms with Gasteiger partial charge in [-0.05, 0) is 24.3 Å². The summed E-state index contributed by atoms with van der Waals surface area (Å²) < 4.78 is 0. The fraction of sp³-hybridized carbons (Fsp3) is 0. The molecule has 38 heavy (non-hydrogen) atoms. The van der Waals surface area contributed by atoms with Crippen LogP contribution >= 0.6 is 0 Å². The molecule has 0 atom stereocenters. The average molecular weight is 857 g/mol. The molecule has 0 saturated heterocycles. The van der Waals surface area contributed by atoms with Crippen LogP contribution in [0.1, 0.15) is 22.3 Å². The summed E-state index contributed by atoms with van der Waals surface area (Å²) in [7, 11) is 0. The van der Waals surface area contributed by atoms with Gasteiger partial charge >= 0.3 is 42.1 Å². The van der Waals surface area contributed by atoms with E-state index in [2.05, 4.69) is 23.7 Å². The molecule has 0 aliphatic heterocycles. The summed E-state index contributed by atoms with van der Waals surface area (Å²) in [4.78, 5) is 19.3. The zero-order chi connectivity index (χ0) is 26.5. The van der Waals surface area contributed by atoms with Gasteiger partial charge in [-0.1, -0.05) is 24.3 Å². The van der Waals surface area contributed by atoms with E-state index in [0.717, 1.165) is 21.9 Å². The maximum atomic E-state index is 10.1. The molecule has 0 radical (unpaired) electrons. The van der Waals surface area contributed by atoms with E-state index in [0.29, 0.717) is 11.1 Å². The maximum absolute atomic E-state index is 10.1. The third kappa shape index (κ3) is 9.55. The molecule has 6 nitrogen and oxygen atoms in total. The number of hydrogen-bond donors (Lipinski definition) is 0. The van der Waals surface area contributed by atoms with Crippen molar-refractivity contribution in [3.05, 3.63) is 153 Å². The van der Waals surface area contributed by atoms with E-state index < -0.39 is 9.85 Å². The van der Waals surface area contributed by atoms with Crippen LogP contribution in [0.25, 0.3) is 10.8 Å². The van der Waals surface area contributed by atoms with Gasteiger partial charge in [-0.3, -0.25) is 43.9 Å². The van der Waals surface area contributed by atoms with Gasteiger partial charge in [-0.2, -0.15) is 0 Å². The molecule has 0 saturated carbocycles. The molecule has 0 bridgehead atoms. The summed E-state index contributed by atoms with van der Waals surface area (Å²) in [5, 5.41) is 22.2. The largest absolute Gasteiger partial charge is 2.00 e. The van der Waals surface area contributed by atoms with Gasteiger partial charge in [0.15, 0.2) is 0 Å². The van der Waals surface area contributed by atoms with Gasteiger partial charge in [0, 0.05) is 0 Å². The summed E-state index contributed by atoms with van der Waals surface area (Å²) >= 11 is 0. The Bertz CT molecular complexity index is 1450. The van der Waals surface area contributed by atoms with E-state index >= 15 is 0 Å². The first kappa shape index (κ1) is 33.6. The Kier molecular flexibility index (Phi) is 15.1. The van der Waals surface area contributed by atoms with Gasteiger partial charge in [-0.15, -0.1) is 69.4 Å². The van der Waals surface area contributed by atoms with Crippen molar-refractivity contribution in [1.29, 1.82) is 0 Å². The summed E-state index contributed by atoms with van der Waals surface area (Å²) in [5.41, 5.74) is 2.64. The summed E-state index contributed by atoms with van der Waals surface area (Å²) in [6.07, 6.45) is 27.7. The van der Waals surface area contributed by atoms with E-state index in [4.69, 9.17) is 25.7 Å². The molecule has 4 aromatic carbocycles. The molecule has 0 heterocycles. The van der Waals surface area contributed by atoms with Gasteiger partial charge < -0.3 is 25.7 Å². The smallest absolute Gasteiger partial charge is 0.366 e. The Labute approximate surface area is 249 Å². The predicted octanol–water partition coefficient (Wildman–Crippen LogP) is 5.78. The van der Waals surface area contributed by atoms with Gasteiger partial charge in [0.2, 0.25) is 0 Å². The number of hydrogen-bond acceptors (Lipinski definition) is 4. The number of nitro groups is 2. The summed E-state index contributed by atoms with van der Waals surface area (Å²) in [5.74, 6) is 9.01. The molecular formula is C30H14N2O4Pt2. The van der Waals surface area contributed by atoms with Crippen LogP contribution in [0.15, 0.2) is 84.9 Å². The molecular weight excluding hydrogens is 842 g/mol. The van der Waals surface area contributed by atoms with Crippen molar-refractivity contribution in [3.8, 4) is 23.7 Å². The number of nitrogens with zero attached hydrogens (tertiary/aromatic N) is 2. The van der Waals surface area contributed by atoms with Crippen molar-refractivity contribution in [2.45, 2.75) is 0 Å². The fourth-order valence-corrected chi connectivity index (χ4v) is 2.85. The fourth-order valence-electron chi connectivity index (χ4n) is 2.85. The standard InChI is InChI=1S/C14H6.2C8H4NO2.2Pt/c1-3-11-9-10-12(4-2)14-8-6-5-7-13(11)14;2*1-2-7-3-5-8(6-4-7)9(10)11;;/h5-10H;2*3-6H;;/q-2;2*-1;2*+2. The first-order valence-corrected chi connectivity index (χ1v) is 10.1. The molecule has 0 spiro atoms. The van der Waals surface area contributed by atoms with Crippen LogP contribution in [-0.4, -0.2) is 9.85 Å². The molecule has 0 aliphatic carbocycles. The number of nitro benzene ring substituents is 2. The van der Waals surface area contributed by atoms with Crippen molar-refractivity contribution in [1.82, 2.24) is 0 Å². The van der Waals surface area contributed by atoms with Crippen LogP contribution in [0.4, 0.5) is 11.4 Å². The molecule has 8 heteroatoms. The van der Waals surface area contributed by atoms with E-state index in [1.54, 1.807) is 12.1 Å². The van der Waals surface area contributed by atoms with E-state index in [1.165, 1.54) is 48.5 Å². The van der Waals surface area contributed by atoms with E-state index in [9.17, 15) is 20.2 Å². The quantitative estimate of drug-likeness (QED) is 0.111. The molecule has 0 amide bonds. The Hall–Kier alpha value is -4.44. The average Bonchev–Trinajstić information content (AvgIpc) is 2.93. The van der Waals surface area contributed by atoms with Gasteiger partial charge in [-0.25, -0.2) is 0 Å². The summed E-state index contributed by atoms with van der Waals surface area (Å²) in [6, 6.07) is 22.5. The van der Waals surface area contributed by atoms with Crippen molar-refractivity contribution in [3.63, 3.8) is 0 Å². The Balaban J connectivity index is 0.000000533. The number of non-ortho nitro benzene ring substituents is 2. The zero-order valence-corrected chi connectivity index (χ0v) is 23.8. The third-order valence-electron chi connectivity index (χ3n) is 4.64. The molecule has 4 rings (SSSR count). The van der Waals surface area contributed by atoms with Crippen molar-refractivity contribution >= 4 is 22.1 Å². The third-order valence-corrected chi connectivity index (χ3v) is 4.64. The second-order valence-electron chi connectivity index (χ2n) is 6.81. The van der Waals surface area contributed by atoms with Crippen LogP contribution < -0.4 is 0 Å². The molecule has 0 fully saturated rings. The minimum atomic E-state index is -0.478. The Morgan fingerprint density at radius 1 is 0.500 bits per heavy atom. The minimum Gasteiger partial charge on any atom is -0.366 e. The van der Waals surface area contributed by atoms with Crippen molar-refractivity contribution in [2.75, 3.05) is 0 Å². The van der Waals surface area contributed by atoms with Crippen LogP contribution in [-0.2, 0) is 42.1 Å². The molecule has 188 valence electrons. The topological polar surface area (TPSA) is 86.3 Å². The molecule has 0 unspecified atom stereocenters. The number of benzene rings is 4. The SMILES string of the molecule is [C-]#Cc1ccc(C#[C-])c2ccccc12.[C-]#Cc1ccc([N+](=O)[O-])cc1.[C-]#Cc1ccc([N+](=O)[O-])cc1.[Pt+2].[Pt+2]. The molecule has 0 aliphatic rings. The van der Waals surface area contributed by atoms with Gasteiger partial charge in [0.25, 0.3) is 11.4 Å². The van der Waals surface area contributed by atoms with Crippen LogP contribution in [0.2, 0.25) is 0 Å². The van der Waals surface area contributed by atoms with E-state index in [1.807, 2.05) is 24.3 Å². The van der Waals surface area contributed by atoms with Crippen molar-refractivity contribution < 1.29 is 52.0 Å². The van der Waals surface area contributed by atoms with Gasteiger partial charge in [0.05, 0.1) is 9.85 Å². The summed E-state index contributed by atoms with van der Waals surface area (Å²) in [6.45, 7) is 0. The minimum absolute atomic E-state index is 0. The maximum Gasteiger partial charge on any atom is 2.00 e. The van der Waals surface area contributed by atoms with Crippen LogP contribution in [0, 0.1) is 69.6 Å². The van der Waals surface area contributed by atoms with Crippen LogP contribution in [0.3, 0.4) is 0 Å². The molecule has 4 aromatic rings. The van der Waals surface area contributed by atoms with Gasteiger partial charge in [0.1, 0.15) is 0 Å². The Morgan fingerprint density at radius 3 is 1.05 bits per heavy atom. The zero-order valence-electron chi connectivity index (χ0n) is 19.2. The Morgan fingerprint density at radius 2 is 0.816 bits per heavy atom. The number of fused-ring (bicyclic) bond motifs is 1. The first-order chi connectivity index (χ1) is 17.3. The number of rotatable bonds is 2. The predicted molar refractivity (Wildman–Crippen MR) is 135 cm³/mol. The monoisotopic (exact) mass is 856 g/mol. The first-order valence-electron chi connectivity index (χ1n) is 10.1. The van der Waals surface area contributed by atoms with Crippen LogP contribution in [0.5, 0.6) is 0 Å². The normalized spacial score (nSPS) is 8.42. The van der Waals surface area contributed by atoms with E-state index in [-0.39, 0.29) is 53.5 Å². The second kappa shape index (κ2) is 17.1.